The largest absolute Gasteiger partial charge is 0.503 e. The van der Waals surface area contributed by atoms with Gasteiger partial charge in [-0.1, -0.05) is 23.7 Å². The van der Waals surface area contributed by atoms with Crippen LogP contribution in [0.15, 0.2) is 53.7 Å². The number of aromatic hydroxyl groups is 1. The Kier molecular flexibility index (Phi) is 4.37. The van der Waals surface area contributed by atoms with Crippen molar-refractivity contribution in [1.29, 1.82) is 0 Å². The maximum Gasteiger partial charge on any atom is 0.274 e. The Morgan fingerprint density at radius 3 is 2.63 bits per heavy atom. The van der Waals surface area contributed by atoms with Gasteiger partial charge in [-0.25, -0.2) is 9.97 Å². The molecule has 4 rings (SSSR count). The highest BCUT2D eigenvalue weighted by Gasteiger charge is 2.30. The number of aromatic nitrogens is 3. The third-order valence-corrected chi connectivity index (χ3v) is 4.66. The molecule has 0 saturated carbocycles. The molecular weight excluding hydrogens is 368 g/mol. The molecule has 0 spiro atoms. The van der Waals surface area contributed by atoms with Crippen LogP contribution in [0.25, 0.3) is 11.4 Å². The second kappa shape index (κ2) is 6.85. The van der Waals surface area contributed by atoms with Crippen LogP contribution in [-0.4, -0.2) is 37.0 Å². The fourth-order valence-corrected chi connectivity index (χ4v) is 3.35. The third-order valence-electron chi connectivity index (χ3n) is 4.43. The fraction of sp³-hybridized carbons (Fsp3) is 0.158. The molecule has 3 heterocycles. The van der Waals surface area contributed by atoms with E-state index in [2.05, 4.69) is 9.97 Å². The van der Waals surface area contributed by atoms with Crippen LogP contribution >= 0.6 is 11.6 Å². The van der Waals surface area contributed by atoms with Crippen LogP contribution in [-0.2, 0) is 13.1 Å². The molecular formula is C19H15ClN4O3. The van der Waals surface area contributed by atoms with E-state index >= 15 is 0 Å². The van der Waals surface area contributed by atoms with E-state index in [4.69, 9.17) is 11.6 Å². The van der Waals surface area contributed by atoms with E-state index in [0.29, 0.717) is 24.7 Å². The van der Waals surface area contributed by atoms with Crippen molar-refractivity contribution in [1.82, 2.24) is 19.4 Å². The lowest BCUT2D eigenvalue weighted by atomic mass is 10.1. The van der Waals surface area contributed by atoms with Crippen molar-refractivity contribution in [3.05, 3.63) is 75.4 Å². The molecule has 1 N–H and O–H groups in total. The molecule has 0 aliphatic carbocycles. The summed E-state index contributed by atoms with van der Waals surface area (Å²) < 4.78 is 1.58. The van der Waals surface area contributed by atoms with Crippen LogP contribution in [0.3, 0.4) is 0 Å². The van der Waals surface area contributed by atoms with Crippen LogP contribution in [0.1, 0.15) is 16.1 Å². The van der Waals surface area contributed by atoms with Crippen molar-refractivity contribution in [2.75, 3.05) is 6.54 Å². The highest BCUT2D eigenvalue weighted by molar-refractivity contribution is 6.30. The number of halogens is 1. The fourth-order valence-electron chi connectivity index (χ4n) is 3.13. The molecule has 0 unspecified atom stereocenters. The number of amides is 1. The van der Waals surface area contributed by atoms with Crippen molar-refractivity contribution in [2.45, 2.75) is 13.1 Å². The minimum Gasteiger partial charge on any atom is -0.503 e. The Morgan fingerprint density at radius 2 is 1.89 bits per heavy atom. The van der Waals surface area contributed by atoms with Gasteiger partial charge >= 0.3 is 0 Å². The molecule has 0 atom stereocenters. The normalized spacial score (nSPS) is 13.5. The minimum absolute atomic E-state index is 0.0204. The van der Waals surface area contributed by atoms with Crippen molar-refractivity contribution in [2.24, 2.45) is 0 Å². The smallest absolute Gasteiger partial charge is 0.274 e. The summed E-state index contributed by atoms with van der Waals surface area (Å²) in [4.78, 5) is 35.1. The maximum absolute atomic E-state index is 12.9. The summed E-state index contributed by atoms with van der Waals surface area (Å²) in [6.45, 7) is 1.22. The molecule has 2 aromatic heterocycles. The molecule has 3 aromatic rings. The van der Waals surface area contributed by atoms with Gasteiger partial charge in [0.2, 0.25) is 5.43 Å². The average molecular weight is 383 g/mol. The lowest BCUT2D eigenvalue weighted by Crippen LogP contribution is -2.41. The number of rotatable bonds is 3. The van der Waals surface area contributed by atoms with E-state index < -0.39 is 17.1 Å². The molecule has 136 valence electrons. The van der Waals surface area contributed by atoms with E-state index in [1.165, 1.54) is 18.6 Å². The molecule has 0 radical (unpaired) electrons. The van der Waals surface area contributed by atoms with Crippen LogP contribution in [0.2, 0.25) is 5.02 Å². The summed E-state index contributed by atoms with van der Waals surface area (Å²) in [6, 6.07) is 8.87. The van der Waals surface area contributed by atoms with Crippen molar-refractivity contribution in [3.63, 3.8) is 0 Å². The monoisotopic (exact) mass is 382 g/mol. The van der Waals surface area contributed by atoms with E-state index in [1.807, 2.05) is 12.1 Å². The highest BCUT2D eigenvalue weighted by Crippen LogP contribution is 2.24. The average Bonchev–Trinajstić information content (AvgIpc) is 2.67. The lowest BCUT2D eigenvalue weighted by Gasteiger charge is -2.30. The Morgan fingerprint density at radius 1 is 1.11 bits per heavy atom. The van der Waals surface area contributed by atoms with Gasteiger partial charge in [0.25, 0.3) is 5.91 Å². The van der Waals surface area contributed by atoms with E-state index in [9.17, 15) is 14.7 Å². The van der Waals surface area contributed by atoms with E-state index in [1.54, 1.807) is 27.7 Å². The van der Waals surface area contributed by atoms with Crippen LogP contribution < -0.4 is 5.43 Å². The number of hydrogen-bond donors (Lipinski definition) is 1. The second-order valence-electron chi connectivity index (χ2n) is 6.19. The van der Waals surface area contributed by atoms with Gasteiger partial charge in [-0.2, -0.15) is 0 Å². The number of fused-ring (bicyclic) bond motifs is 1. The van der Waals surface area contributed by atoms with Gasteiger partial charge in [-0.3, -0.25) is 9.59 Å². The number of carbonyl (C=O) groups excluding carboxylic acids is 1. The molecule has 8 heteroatoms. The van der Waals surface area contributed by atoms with Gasteiger partial charge in [-0.05, 0) is 23.8 Å². The predicted octanol–water partition coefficient (Wildman–Crippen LogP) is 2.32. The quantitative estimate of drug-likeness (QED) is 0.751. The summed E-state index contributed by atoms with van der Waals surface area (Å²) in [7, 11) is 0. The number of pyridine rings is 1. The minimum atomic E-state index is -0.662. The molecule has 7 nitrogen and oxygen atoms in total. The summed E-state index contributed by atoms with van der Waals surface area (Å²) in [5.74, 6) is -0.779. The SMILES string of the molecule is O=C1c2c(O)c(=O)c(-c3ncccn3)cn2CCN1Cc1cccc(Cl)c1. The van der Waals surface area contributed by atoms with Gasteiger partial charge in [0.05, 0.1) is 5.56 Å². The molecule has 0 fully saturated rings. The van der Waals surface area contributed by atoms with Crippen molar-refractivity contribution >= 4 is 17.5 Å². The number of carbonyl (C=O) groups is 1. The summed E-state index contributed by atoms with van der Waals surface area (Å²) >= 11 is 6.00. The maximum atomic E-state index is 12.9. The van der Waals surface area contributed by atoms with Gasteiger partial charge in [0, 0.05) is 43.2 Å². The molecule has 1 aliphatic rings. The Labute approximate surface area is 159 Å². The van der Waals surface area contributed by atoms with Crippen molar-refractivity contribution in [3.8, 4) is 17.1 Å². The third kappa shape index (κ3) is 3.17. The van der Waals surface area contributed by atoms with Gasteiger partial charge in [0.15, 0.2) is 17.3 Å². The Balaban J connectivity index is 1.71. The summed E-state index contributed by atoms with van der Waals surface area (Å²) in [6.07, 6.45) is 4.56. The molecule has 1 aromatic carbocycles. The van der Waals surface area contributed by atoms with E-state index in [-0.39, 0.29) is 17.1 Å². The van der Waals surface area contributed by atoms with Gasteiger partial charge < -0.3 is 14.6 Å². The first-order valence-electron chi connectivity index (χ1n) is 8.32. The Bertz CT molecular complexity index is 1080. The highest BCUT2D eigenvalue weighted by atomic mass is 35.5. The molecule has 1 aliphatic heterocycles. The van der Waals surface area contributed by atoms with Crippen molar-refractivity contribution < 1.29 is 9.90 Å². The van der Waals surface area contributed by atoms with Crippen LogP contribution in [0.5, 0.6) is 5.75 Å². The number of hydrogen-bond acceptors (Lipinski definition) is 5. The summed E-state index contributed by atoms with van der Waals surface area (Å²) in [5, 5.41) is 11.0. The van der Waals surface area contributed by atoms with Gasteiger partial charge in [0.1, 0.15) is 0 Å². The molecule has 27 heavy (non-hydrogen) atoms. The predicted molar refractivity (Wildman–Crippen MR) is 99.6 cm³/mol. The van der Waals surface area contributed by atoms with Gasteiger partial charge in [-0.15, -0.1) is 0 Å². The first kappa shape index (κ1) is 17.2. The molecule has 0 bridgehead atoms. The number of benzene rings is 1. The zero-order valence-corrected chi connectivity index (χ0v) is 14.9. The summed E-state index contributed by atoms with van der Waals surface area (Å²) in [5.41, 5.74) is 0.353. The Hall–Kier alpha value is -3.19. The number of nitrogens with zero attached hydrogens (tertiary/aromatic N) is 4. The molecule has 1 amide bonds. The van der Waals surface area contributed by atoms with Crippen LogP contribution in [0, 0.1) is 0 Å². The second-order valence-corrected chi connectivity index (χ2v) is 6.63. The topological polar surface area (TPSA) is 88.3 Å². The first-order chi connectivity index (χ1) is 13.0. The first-order valence-corrected chi connectivity index (χ1v) is 8.70. The molecule has 0 saturated heterocycles. The van der Waals surface area contributed by atoms with E-state index in [0.717, 1.165) is 5.56 Å². The zero-order valence-electron chi connectivity index (χ0n) is 14.2. The zero-order chi connectivity index (χ0) is 19.0. The van der Waals surface area contributed by atoms with Crippen LogP contribution in [0.4, 0.5) is 0 Å². The lowest BCUT2D eigenvalue weighted by molar-refractivity contribution is 0.0683. The standard InChI is InChI=1S/C19H15ClN4O3/c20-13-4-1-3-12(9-13)10-24-8-7-23-11-14(18-21-5-2-6-22-18)16(25)17(26)15(23)19(24)27/h1-6,9,11,26H,7-8,10H2.